The van der Waals surface area contributed by atoms with Gasteiger partial charge in [0.15, 0.2) is 0 Å². The van der Waals surface area contributed by atoms with Crippen molar-refractivity contribution in [1.82, 2.24) is 24.4 Å². The van der Waals surface area contributed by atoms with Crippen LogP contribution in [0.25, 0.3) is 0 Å². The van der Waals surface area contributed by atoms with Gasteiger partial charge in [-0.1, -0.05) is 0 Å². The van der Waals surface area contributed by atoms with Gasteiger partial charge in [-0.2, -0.15) is 0 Å². The van der Waals surface area contributed by atoms with Gasteiger partial charge in [-0.3, -0.25) is 4.79 Å². The summed E-state index contributed by atoms with van der Waals surface area (Å²) in [5.74, 6) is 2.25. The van der Waals surface area contributed by atoms with Crippen LogP contribution in [0.2, 0.25) is 0 Å². The fourth-order valence-electron chi connectivity index (χ4n) is 3.04. The maximum Gasteiger partial charge on any atom is 0.257 e. The second-order valence-electron chi connectivity index (χ2n) is 6.00. The highest BCUT2D eigenvalue weighted by Gasteiger charge is 2.23. The number of aryl methyl sites for hydroxylation is 3. The maximum atomic E-state index is 12.6. The van der Waals surface area contributed by atoms with Crippen LogP contribution >= 0.6 is 0 Å². The summed E-state index contributed by atoms with van der Waals surface area (Å²) in [5, 5.41) is 0. The largest absolute Gasteiger partial charge is 0.341 e. The molecule has 0 spiro atoms. The zero-order chi connectivity index (χ0) is 15.7. The summed E-state index contributed by atoms with van der Waals surface area (Å²) < 4.78 is 2.19. The van der Waals surface area contributed by atoms with E-state index in [-0.39, 0.29) is 5.91 Å². The third-order valence-electron chi connectivity index (χ3n) is 4.26. The molecule has 116 valence electrons. The molecule has 0 bridgehead atoms. The number of hydrogen-bond donors (Lipinski definition) is 0. The van der Waals surface area contributed by atoms with E-state index in [4.69, 9.17) is 0 Å². The second-order valence-corrected chi connectivity index (χ2v) is 6.00. The summed E-state index contributed by atoms with van der Waals surface area (Å²) in [6.07, 6.45) is 7.50. The minimum absolute atomic E-state index is 0.00795. The molecule has 1 aliphatic heterocycles. The van der Waals surface area contributed by atoms with Crippen molar-refractivity contribution in [3.63, 3.8) is 0 Å². The number of nitrogens with zero attached hydrogens (tertiary/aromatic N) is 5. The van der Waals surface area contributed by atoms with Crippen molar-refractivity contribution in [2.45, 2.75) is 33.2 Å². The molecule has 3 rings (SSSR count). The van der Waals surface area contributed by atoms with Crippen LogP contribution in [0, 0.1) is 19.8 Å². The van der Waals surface area contributed by atoms with Crippen LogP contribution in [0.15, 0.2) is 18.6 Å². The Morgan fingerprint density at radius 3 is 3.00 bits per heavy atom. The molecule has 3 heterocycles. The summed E-state index contributed by atoms with van der Waals surface area (Å²) in [4.78, 5) is 27.1. The molecule has 22 heavy (non-hydrogen) atoms. The third-order valence-corrected chi connectivity index (χ3v) is 4.26. The highest BCUT2D eigenvalue weighted by Crippen LogP contribution is 2.20. The van der Waals surface area contributed by atoms with Gasteiger partial charge in [-0.15, -0.1) is 0 Å². The summed E-state index contributed by atoms with van der Waals surface area (Å²) in [5.41, 5.74) is 1.33. The molecule has 0 saturated carbocycles. The lowest BCUT2D eigenvalue weighted by Crippen LogP contribution is -2.35. The molecule has 2 aromatic rings. The molecule has 1 amide bonds. The molecule has 0 aromatic carbocycles. The number of rotatable bonds is 3. The van der Waals surface area contributed by atoms with Gasteiger partial charge in [0, 0.05) is 45.1 Å². The van der Waals surface area contributed by atoms with Gasteiger partial charge in [-0.05, 0) is 26.2 Å². The van der Waals surface area contributed by atoms with E-state index in [0.29, 0.717) is 17.3 Å². The smallest absolute Gasteiger partial charge is 0.257 e. The molecule has 6 nitrogen and oxygen atoms in total. The minimum atomic E-state index is -0.00795. The Hall–Kier alpha value is -2.24. The van der Waals surface area contributed by atoms with Crippen molar-refractivity contribution in [2.75, 3.05) is 13.6 Å². The monoisotopic (exact) mass is 299 g/mol. The number of carbonyl (C=O) groups excluding carboxylic acids is 1. The van der Waals surface area contributed by atoms with Crippen molar-refractivity contribution in [1.29, 1.82) is 0 Å². The van der Waals surface area contributed by atoms with Crippen LogP contribution in [-0.4, -0.2) is 43.9 Å². The maximum absolute atomic E-state index is 12.6. The average molecular weight is 299 g/mol. The van der Waals surface area contributed by atoms with E-state index in [1.807, 2.05) is 33.3 Å². The lowest BCUT2D eigenvalue weighted by molar-refractivity contribution is 0.0762. The number of imidazole rings is 1. The third kappa shape index (κ3) is 2.86. The van der Waals surface area contributed by atoms with Gasteiger partial charge in [0.05, 0.1) is 11.3 Å². The molecule has 0 radical (unpaired) electrons. The van der Waals surface area contributed by atoms with Gasteiger partial charge in [0.2, 0.25) is 0 Å². The number of fused-ring (bicyclic) bond motifs is 1. The molecule has 0 unspecified atom stereocenters. The van der Waals surface area contributed by atoms with E-state index in [1.165, 1.54) is 0 Å². The molecular formula is C16H21N5O. The van der Waals surface area contributed by atoms with Crippen LogP contribution in [-0.2, 0) is 13.0 Å². The Kier molecular flexibility index (Phi) is 3.92. The Balaban J connectivity index is 1.67. The molecule has 2 aromatic heterocycles. The number of hydrogen-bond acceptors (Lipinski definition) is 4. The van der Waals surface area contributed by atoms with Crippen LogP contribution in [0.1, 0.15) is 34.1 Å². The van der Waals surface area contributed by atoms with Crippen LogP contribution < -0.4 is 0 Å². The van der Waals surface area contributed by atoms with Gasteiger partial charge < -0.3 is 9.47 Å². The number of carbonyl (C=O) groups is 1. The molecule has 6 heteroatoms. The average Bonchev–Trinajstić information content (AvgIpc) is 2.94. The Morgan fingerprint density at radius 1 is 1.41 bits per heavy atom. The van der Waals surface area contributed by atoms with E-state index < -0.39 is 0 Å². The van der Waals surface area contributed by atoms with Crippen molar-refractivity contribution < 1.29 is 4.79 Å². The SMILES string of the molecule is Cc1ncc(C(=O)N(C)C[C@@H]2CCn3ccnc3C2)c(C)n1. The fraction of sp³-hybridized carbons (Fsp3) is 0.500. The van der Waals surface area contributed by atoms with Gasteiger partial charge in [0.1, 0.15) is 11.6 Å². The van der Waals surface area contributed by atoms with Crippen molar-refractivity contribution in [2.24, 2.45) is 5.92 Å². The van der Waals surface area contributed by atoms with E-state index >= 15 is 0 Å². The predicted octanol–water partition coefficient (Wildman–Crippen LogP) is 1.62. The molecule has 0 fully saturated rings. The molecule has 1 aliphatic rings. The topological polar surface area (TPSA) is 63.9 Å². The zero-order valence-corrected chi connectivity index (χ0v) is 13.3. The van der Waals surface area contributed by atoms with E-state index in [0.717, 1.165) is 37.4 Å². The lowest BCUT2D eigenvalue weighted by atomic mass is 9.97. The Bertz CT molecular complexity index is 694. The van der Waals surface area contributed by atoms with E-state index in [2.05, 4.69) is 19.5 Å². The Morgan fingerprint density at radius 2 is 2.23 bits per heavy atom. The van der Waals surface area contributed by atoms with Gasteiger partial charge >= 0.3 is 0 Å². The summed E-state index contributed by atoms with van der Waals surface area (Å²) in [6, 6.07) is 0. The predicted molar refractivity (Wildman–Crippen MR) is 82.5 cm³/mol. The van der Waals surface area contributed by atoms with Gasteiger partial charge in [-0.25, -0.2) is 15.0 Å². The first-order valence-electron chi connectivity index (χ1n) is 7.60. The van der Waals surface area contributed by atoms with Crippen LogP contribution in [0.5, 0.6) is 0 Å². The quantitative estimate of drug-likeness (QED) is 0.864. The zero-order valence-electron chi connectivity index (χ0n) is 13.3. The Labute approximate surface area is 130 Å². The second kappa shape index (κ2) is 5.87. The summed E-state index contributed by atoms with van der Waals surface area (Å²) in [6.45, 7) is 5.40. The first-order chi connectivity index (χ1) is 10.5. The fourth-order valence-corrected chi connectivity index (χ4v) is 3.04. The van der Waals surface area contributed by atoms with Crippen molar-refractivity contribution in [3.8, 4) is 0 Å². The number of amides is 1. The number of aromatic nitrogens is 4. The normalized spacial score (nSPS) is 17.1. The first-order valence-corrected chi connectivity index (χ1v) is 7.60. The molecule has 1 atom stereocenters. The lowest BCUT2D eigenvalue weighted by Gasteiger charge is -2.28. The standard InChI is InChI=1S/C16H21N5O/c1-11-14(9-18-12(2)19-11)16(22)20(3)10-13-4-6-21-7-5-17-15(21)8-13/h5,7,9,13H,4,6,8,10H2,1-3H3/t13-/m1/s1. The molecule has 0 aliphatic carbocycles. The summed E-state index contributed by atoms with van der Waals surface area (Å²) in [7, 11) is 1.85. The van der Waals surface area contributed by atoms with Crippen molar-refractivity contribution >= 4 is 5.91 Å². The highest BCUT2D eigenvalue weighted by molar-refractivity contribution is 5.94. The van der Waals surface area contributed by atoms with Gasteiger partial charge in [0.25, 0.3) is 5.91 Å². The molecular weight excluding hydrogens is 278 g/mol. The first kappa shape index (κ1) is 14.7. The summed E-state index contributed by atoms with van der Waals surface area (Å²) >= 11 is 0. The van der Waals surface area contributed by atoms with E-state index in [9.17, 15) is 4.79 Å². The molecule has 0 N–H and O–H groups in total. The van der Waals surface area contributed by atoms with E-state index in [1.54, 1.807) is 11.1 Å². The van der Waals surface area contributed by atoms with Crippen molar-refractivity contribution in [3.05, 3.63) is 41.5 Å². The highest BCUT2D eigenvalue weighted by atomic mass is 16.2. The molecule has 0 saturated heterocycles. The minimum Gasteiger partial charge on any atom is -0.341 e. The van der Waals surface area contributed by atoms with Crippen LogP contribution in [0.4, 0.5) is 0 Å². The van der Waals surface area contributed by atoms with Crippen LogP contribution in [0.3, 0.4) is 0 Å².